The Morgan fingerprint density at radius 1 is 1.00 bits per heavy atom. The third-order valence-corrected chi connectivity index (χ3v) is 9.80. The van der Waals surface area contributed by atoms with Gasteiger partial charge in [-0.2, -0.15) is 0 Å². The summed E-state index contributed by atoms with van der Waals surface area (Å²) in [6.07, 6.45) is 5.04. The van der Waals surface area contributed by atoms with Gasteiger partial charge in [-0.05, 0) is 62.6 Å². The SMILES string of the molecule is COc1cccc(N(CC(=O)N(Cc2ccccc2Cl)[C@H](C)C(=O)NC2CCCCC2)S(=O)(=O)c2ccc(C)cc2)c1. The lowest BCUT2D eigenvalue weighted by atomic mass is 9.95. The second-order valence-corrected chi connectivity index (χ2v) is 12.9. The molecule has 3 aromatic rings. The summed E-state index contributed by atoms with van der Waals surface area (Å²) >= 11 is 6.45. The number of nitrogens with zero attached hydrogens (tertiary/aromatic N) is 2. The number of carbonyl (C=O) groups excluding carboxylic acids is 2. The summed E-state index contributed by atoms with van der Waals surface area (Å²) in [5.41, 5.74) is 1.82. The lowest BCUT2D eigenvalue weighted by Crippen LogP contribution is -2.53. The first kappa shape index (κ1) is 31.4. The number of halogens is 1. The molecule has 0 unspecified atom stereocenters. The van der Waals surface area contributed by atoms with Crippen LogP contribution in [0, 0.1) is 6.92 Å². The predicted molar refractivity (Wildman–Crippen MR) is 165 cm³/mol. The van der Waals surface area contributed by atoms with Gasteiger partial charge in [0.25, 0.3) is 10.0 Å². The highest BCUT2D eigenvalue weighted by atomic mass is 35.5. The fourth-order valence-corrected chi connectivity index (χ4v) is 6.69. The van der Waals surface area contributed by atoms with Gasteiger partial charge in [-0.1, -0.05) is 72.8 Å². The van der Waals surface area contributed by atoms with E-state index in [1.165, 1.54) is 24.1 Å². The number of hydrogen-bond donors (Lipinski definition) is 1. The number of benzene rings is 3. The highest BCUT2D eigenvalue weighted by Gasteiger charge is 2.33. The van der Waals surface area contributed by atoms with Crippen LogP contribution in [0.25, 0.3) is 0 Å². The number of carbonyl (C=O) groups is 2. The third-order valence-electron chi connectivity index (χ3n) is 7.65. The summed E-state index contributed by atoms with van der Waals surface area (Å²) in [6.45, 7) is 3.03. The number of amides is 2. The van der Waals surface area contributed by atoms with Gasteiger partial charge in [-0.15, -0.1) is 0 Å². The molecule has 1 fully saturated rings. The fourth-order valence-electron chi connectivity index (χ4n) is 5.09. The van der Waals surface area contributed by atoms with E-state index in [9.17, 15) is 18.0 Å². The van der Waals surface area contributed by atoms with Crippen molar-refractivity contribution in [2.24, 2.45) is 0 Å². The van der Waals surface area contributed by atoms with Crippen LogP contribution in [0.15, 0.2) is 77.7 Å². The number of rotatable bonds is 11. The molecule has 2 amide bonds. The highest BCUT2D eigenvalue weighted by Crippen LogP contribution is 2.28. The Balaban J connectivity index is 1.70. The van der Waals surface area contributed by atoms with Crippen LogP contribution in [-0.4, -0.2) is 50.9 Å². The molecule has 42 heavy (non-hydrogen) atoms. The Hall–Kier alpha value is -3.56. The lowest BCUT2D eigenvalue weighted by molar-refractivity contribution is -0.139. The minimum Gasteiger partial charge on any atom is -0.497 e. The van der Waals surface area contributed by atoms with Crippen molar-refractivity contribution in [3.8, 4) is 5.75 Å². The molecule has 0 saturated heterocycles. The van der Waals surface area contributed by atoms with E-state index < -0.39 is 28.5 Å². The van der Waals surface area contributed by atoms with Gasteiger partial charge in [0.05, 0.1) is 17.7 Å². The second-order valence-electron chi connectivity index (χ2n) is 10.7. The first-order valence-corrected chi connectivity index (χ1v) is 16.0. The van der Waals surface area contributed by atoms with Crippen molar-refractivity contribution < 1.29 is 22.7 Å². The molecule has 0 radical (unpaired) electrons. The number of nitrogens with one attached hydrogen (secondary N) is 1. The van der Waals surface area contributed by atoms with Gasteiger partial charge in [0.2, 0.25) is 11.8 Å². The smallest absolute Gasteiger partial charge is 0.264 e. The number of hydrogen-bond acceptors (Lipinski definition) is 5. The monoisotopic (exact) mass is 611 g/mol. The number of ether oxygens (including phenoxy) is 1. The molecule has 0 bridgehead atoms. The van der Waals surface area contributed by atoms with E-state index in [4.69, 9.17) is 16.3 Å². The van der Waals surface area contributed by atoms with E-state index >= 15 is 0 Å². The zero-order valence-corrected chi connectivity index (χ0v) is 25.8. The molecular weight excluding hydrogens is 574 g/mol. The zero-order chi connectivity index (χ0) is 30.3. The number of anilines is 1. The highest BCUT2D eigenvalue weighted by molar-refractivity contribution is 7.92. The van der Waals surface area contributed by atoms with Gasteiger partial charge in [-0.3, -0.25) is 13.9 Å². The number of aryl methyl sites for hydroxylation is 1. The fraction of sp³-hybridized carbons (Fsp3) is 0.375. The van der Waals surface area contributed by atoms with Crippen molar-refractivity contribution in [3.63, 3.8) is 0 Å². The molecule has 10 heteroatoms. The van der Waals surface area contributed by atoms with Crippen molar-refractivity contribution in [1.82, 2.24) is 10.2 Å². The van der Waals surface area contributed by atoms with Crippen molar-refractivity contribution in [3.05, 3.63) is 88.9 Å². The average molecular weight is 612 g/mol. The van der Waals surface area contributed by atoms with E-state index in [1.807, 2.05) is 6.92 Å². The average Bonchev–Trinajstić information content (AvgIpc) is 2.99. The topological polar surface area (TPSA) is 96.0 Å². The van der Waals surface area contributed by atoms with E-state index in [1.54, 1.807) is 67.6 Å². The third kappa shape index (κ3) is 7.63. The quantitative estimate of drug-likeness (QED) is 0.299. The minimum absolute atomic E-state index is 0.0360. The molecule has 1 saturated carbocycles. The largest absolute Gasteiger partial charge is 0.497 e. The standard InChI is InChI=1S/C32H38ClN3O5S/c1-23-16-18-29(19-17-23)42(39,40)36(27-13-9-14-28(20-27)41-3)22-31(37)35(21-25-10-7-8-15-30(25)33)24(2)32(38)34-26-11-5-4-6-12-26/h7-10,13-20,24,26H,4-6,11-12,21-22H2,1-3H3,(H,34,38)/t24-/m1/s1. The first-order valence-electron chi connectivity index (χ1n) is 14.2. The Morgan fingerprint density at radius 3 is 2.36 bits per heavy atom. The van der Waals surface area contributed by atoms with Crippen LogP contribution in [0.1, 0.15) is 50.2 Å². The van der Waals surface area contributed by atoms with Crippen LogP contribution in [0.3, 0.4) is 0 Å². The maximum Gasteiger partial charge on any atom is 0.264 e. The normalized spacial score (nSPS) is 14.6. The van der Waals surface area contributed by atoms with Gasteiger partial charge in [0.1, 0.15) is 18.3 Å². The van der Waals surface area contributed by atoms with Crippen LogP contribution < -0.4 is 14.4 Å². The Bertz CT molecular complexity index is 1490. The zero-order valence-electron chi connectivity index (χ0n) is 24.3. The molecule has 1 N–H and O–H groups in total. The summed E-state index contributed by atoms with van der Waals surface area (Å²) in [4.78, 5) is 29.0. The van der Waals surface area contributed by atoms with Gasteiger partial charge < -0.3 is 15.0 Å². The predicted octanol–water partition coefficient (Wildman–Crippen LogP) is 5.72. The Labute approximate surface area is 253 Å². The molecular formula is C32H38ClN3O5S. The van der Waals surface area contributed by atoms with Gasteiger partial charge in [-0.25, -0.2) is 8.42 Å². The molecule has 3 aromatic carbocycles. The molecule has 4 rings (SSSR count). The molecule has 0 aliphatic heterocycles. The Morgan fingerprint density at radius 2 is 1.69 bits per heavy atom. The van der Waals surface area contributed by atoms with Crippen molar-refractivity contribution in [1.29, 1.82) is 0 Å². The van der Waals surface area contributed by atoms with Gasteiger partial charge >= 0.3 is 0 Å². The summed E-state index contributed by atoms with van der Waals surface area (Å²) in [5.74, 6) is -0.381. The van der Waals surface area contributed by atoms with Crippen molar-refractivity contribution >= 4 is 39.1 Å². The van der Waals surface area contributed by atoms with E-state index in [2.05, 4.69) is 5.32 Å². The molecule has 8 nitrogen and oxygen atoms in total. The molecule has 1 aliphatic rings. The lowest BCUT2D eigenvalue weighted by Gasteiger charge is -2.33. The summed E-state index contributed by atoms with van der Waals surface area (Å²) in [7, 11) is -2.68. The summed E-state index contributed by atoms with van der Waals surface area (Å²) in [6, 6.07) is 19.3. The maximum atomic E-state index is 14.1. The Kier molecular flexibility index (Phi) is 10.5. The van der Waals surface area contributed by atoms with Crippen molar-refractivity contribution in [2.45, 2.75) is 69.5 Å². The van der Waals surface area contributed by atoms with Crippen LogP contribution in [0.5, 0.6) is 5.75 Å². The molecule has 0 heterocycles. The van der Waals surface area contributed by atoms with Crippen LogP contribution in [-0.2, 0) is 26.2 Å². The molecule has 1 aliphatic carbocycles. The van der Waals surface area contributed by atoms with E-state index in [-0.39, 0.29) is 29.1 Å². The molecule has 0 aromatic heterocycles. The maximum absolute atomic E-state index is 14.1. The first-order chi connectivity index (χ1) is 20.1. The minimum atomic E-state index is -4.17. The molecule has 1 atom stereocenters. The molecule has 0 spiro atoms. The number of sulfonamides is 1. The van der Waals surface area contributed by atoms with Gasteiger partial charge in [0.15, 0.2) is 0 Å². The van der Waals surface area contributed by atoms with Crippen LogP contribution in [0.4, 0.5) is 5.69 Å². The van der Waals surface area contributed by atoms with Gasteiger partial charge in [0, 0.05) is 23.7 Å². The van der Waals surface area contributed by atoms with Crippen molar-refractivity contribution in [2.75, 3.05) is 18.0 Å². The van der Waals surface area contributed by atoms with E-state index in [0.29, 0.717) is 16.3 Å². The second kappa shape index (κ2) is 14.1. The van der Waals surface area contributed by atoms with Crippen LogP contribution >= 0.6 is 11.6 Å². The number of methoxy groups -OCH3 is 1. The van der Waals surface area contributed by atoms with Crippen LogP contribution in [0.2, 0.25) is 5.02 Å². The molecule has 224 valence electrons. The van der Waals surface area contributed by atoms with E-state index in [0.717, 1.165) is 42.0 Å². The summed E-state index contributed by atoms with van der Waals surface area (Å²) < 4.78 is 34.4. The summed E-state index contributed by atoms with van der Waals surface area (Å²) in [5, 5.41) is 3.55.